The first-order valence-electron chi connectivity index (χ1n) is 5.53. The smallest absolute Gasteiger partial charge is 0.147 e. The highest BCUT2D eigenvalue weighted by Crippen LogP contribution is 2.11. The van der Waals surface area contributed by atoms with Gasteiger partial charge >= 0.3 is 0 Å². The van der Waals surface area contributed by atoms with Crippen molar-refractivity contribution in [3.63, 3.8) is 0 Å². The Balaban J connectivity index is 2.59. The molecule has 0 aliphatic rings. The van der Waals surface area contributed by atoms with Crippen LogP contribution in [0.25, 0.3) is 0 Å². The van der Waals surface area contributed by atoms with Gasteiger partial charge in [-0.15, -0.1) is 0 Å². The predicted octanol–water partition coefficient (Wildman–Crippen LogP) is 1.85. The largest absolute Gasteiger partial charge is 0.299 e. The van der Waals surface area contributed by atoms with Gasteiger partial charge in [0.15, 0.2) is 0 Å². The average Bonchev–Trinajstić information content (AvgIpc) is 2.20. The molecule has 1 aromatic carbocycles. The van der Waals surface area contributed by atoms with Crippen LogP contribution in [0.3, 0.4) is 0 Å². The van der Waals surface area contributed by atoms with E-state index >= 15 is 0 Å². The number of ketones is 1. The molecule has 1 aromatic rings. The minimum atomic E-state index is -3.05. The lowest BCUT2D eigenvalue weighted by Gasteiger charge is -2.04. The first-order valence-corrected chi connectivity index (χ1v) is 7.59. The fraction of sp³-hybridized carbons (Fsp3) is 0.462. The van der Waals surface area contributed by atoms with Gasteiger partial charge in [-0.1, -0.05) is 18.2 Å². The molecule has 0 fully saturated rings. The van der Waals surface area contributed by atoms with E-state index in [2.05, 4.69) is 0 Å². The second-order valence-electron chi connectivity index (χ2n) is 4.51. The molecule has 0 aliphatic heterocycles. The number of benzene rings is 1. The molecule has 0 aromatic heterocycles. The molecule has 1 rings (SSSR count). The summed E-state index contributed by atoms with van der Waals surface area (Å²) in [4.78, 5) is 11.6. The molecule has 17 heavy (non-hydrogen) atoms. The summed E-state index contributed by atoms with van der Waals surface area (Å²) in [6.07, 6.45) is 1.57. The molecular formula is C13H18O3S. The van der Waals surface area contributed by atoms with Crippen LogP contribution in [0.2, 0.25) is 0 Å². The summed E-state index contributed by atoms with van der Waals surface area (Å²) in [5, 5.41) is 0. The third-order valence-electron chi connectivity index (χ3n) is 2.72. The molecule has 0 atom stereocenters. The minimum absolute atomic E-state index is 0.0290. The van der Waals surface area contributed by atoms with Crippen LogP contribution in [-0.4, -0.2) is 26.2 Å². The summed E-state index contributed by atoms with van der Waals surface area (Å²) >= 11 is 0. The number of hydrogen-bond donors (Lipinski definition) is 0. The summed E-state index contributed by atoms with van der Waals surface area (Å²) in [7, 11) is -3.05. The van der Waals surface area contributed by atoms with Crippen LogP contribution >= 0.6 is 0 Å². The molecule has 0 unspecified atom stereocenters. The number of rotatable bonds is 5. The van der Waals surface area contributed by atoms with E-state index in [1.807, 2.05) is 32.0 Å². The van der Waals surface area contributed by atoms with Crippen LogP contribution in [0.4, 0.5) is 0 Å². The second kappa shape index (κ2) is 5.45. The lowest BCUT2D eigenvalue weighted by molar-refractivity contribution is -0.118. The van der Waals surface area contributed by atoms with Crippen LogP contribution < -0.4 is 0 Å². The molecular weight excluding hydrogens is 236 g/mol. The van der Waals surface area contributed by atoms with E-state index in [-0.39, 0.29) is 18.0 Å². The molecule has 0 spiro atoms. The molecule has 0 aliphatic carbocycles. The minimum Gasteiger partial charge on any atom is -0.299 e. The quantitative estimate of drug-likeness (QED) is 0.805. The van der Waals surface area contributed by atoms with E-state index in [1.54, 1.807) is 0 Å². The Morgan fingerprint density at radius 1 is 1.18 bits per heavy atom. The molecule has 4 heteroatoms. The van der Waals surface area contributed by atoms with Gasteiger partial charge in [0.05, 0.1) is 5.75 Å². The van der Waals surface area contributed by atoms with Gasteiger partial charge in [-0.2, -0.15) is 0 Å². The van der Waals surface area contributed by atoms with E-state index in [4.69, 9.17) is 0 Å². The molecule has 0 saturated carbocycles. The van der Waals surface area contributed by atoms with E-state index in [0.29, 0.717) is 6.42 Å². The standard InChI is InChI=1S/C13H18O3S/c1-10-4-5-12(8-11(10)2)9-13(14)6-7-17(3,15)16/h4-5,8H,6-7,9H2,1-3H3. The van der Waals surface area contributed by atoms with Crippen molar-refractivity contribution in [2.24, 2.45) is 0 Å². The third kappa shape index (κ3) is 5.13. The maximum absolute atomic E-state index is 11.6. The Labute approximate surface area is 103 Å². The maximum atomic E-state index is 11.6. The van der Waals surface area contributed by atoms with Crippen molar-refractivity contribution in [1.29, 1.82) is 0 Å². The summed E-state index contributed by atoms with van der Waals surface area (Å²) in [5.41, 5.74) is 3.29. The van der Waals surface area contributed by atoms with Gasteiger partial charge in [0.25, 0.3) is 0 Å². The topological polar surface area (TPSA) is 51.2 Å². The molecule has 0 heterocycles. The van der Waals surface area contributed by atoms with E-state index in [1.165, 1.54) is 5.56 Å². The lowest BCUT2D eigenvalue weighted by Crippen LogP contribution is -2.11. The predicted molar refractivity (Wildman–Crippen MR) is 69.0 cm³/mol. The Morgan fingerprint density at radius 2 is 1.82 bits per heavy atom. The van der Waals surface area contributed by atoms with Crippen LogP contribution in [0.5, 0.6) is 0 Å². The summed E-state index contributed by atoms with van der Waals surface area (Å²) in [6.45, 7) is 4.02. The molecule has 0 radical (unpaired) electrons. The number of carbonyl (C=O) groups excluding carboxylic acids is 1. The molecule has 0 saturated heterocycles. The Hall–Kier alpha value is -1.16. The summed E-state index contributed by atoms with van der Waals surface area (Å²) in [6, 6.07) is 5.88. The molecule has 0 amide bonds. The van der Waals surface area contributed by atoms with Crippen molar-refractivity contribution < 1.29 is 13.2 Å². The zero-order chi connectivity index (χ0) is 13.1. The highest BCUT2D eigenvalue weighted by Gasteiger charge is 2.09. The zero-order valence-corrected chi connectivity index (χ0v) is 11.3. The second-order valence-corrected chi connectivity index (χ2v) is 6.77. The Morgan fingerprint density at radius 3 is 2.35 bits per heavy atom. The van der Waals surface area contributed by atoms with Gasteiger partial charge in [0.1, 0.15) is 15.6 Å². The highest BCUT2D eigenvalue weighted by molar-refractivity contribution is 7.90. The van der Waals surface area contributed by atoms with Crippen molar-refractivity contribution in [3.8, 4) is 0 Å². The fourth-order valence-corrected chi connectivity index (χ4v) is 2.13. The normalized spacial score (nSPS) is 11.5. The molecule has 0 N–H and O–H groups in total. The first kappa shape index (κ1) is 13.9. The average molecular weight is 254 g/mol. The number of hydrogen-bond acceptors (Lipinski definition) is 3. The van der Waals surface area contributed by atoms with Crippen LogP contribution in [-0.2, 0) is 21.1 Å². The highest BCUT2D eigenvalue weighted by atomic mass is 32.2. The van der Waals surface area contributed by atoms with Crippen molar-refractivity contribution in [2.75, 3.05) is 12.0 Å². The SMILES string of the molecule is Cc1ccc(CC(=O)CCS(C)(=O)=O)cc1C. The lowest BCUT2D eigenvalue weighted by atomic mass is 10.0. The van der Waals surface area contributed by atoms with E-state index in [9.17, 15) is 13.2 Å². The van der Waals surface area contributed by atoms with Crippen molar-refractivity contribution in [1.82, 2.24) is 0 Å². The van der Waals surface area contributed by atoms with Crippen molar-refractivity contribution in [2.45, 2.75) is 26.7 Å². The number of sulfone groups is 1. The van der Waals surface area contributed by atoms with Gasteiger partial charge in [-0.25, -0.2) is 8.42 Å². The Bertz CT molecular complexity index is 515. The van der Waals surface area contributed by atoms with Gasteiger partial charge in [0.2, 0.25) is 0 Å². The van der Waals surface area contributed by atoms with Crippen molar-refractivity contribution >= 4 is 15.6 Å². The fourth-order valence-electron chi connectivity index (χ4n) is 1.53. The van der Waals surface area contributed by atoms with Gasteiger partial charge in [-0.3, -0.25) is 4.79 Å². The summed E-state index contributed by atoms with van der Waals surface area (Å²) < 4.78 is 21.9. The molecule has 94 valence electrons. The van der Waals surface area contributed by atoms with Gasteiger partial charge in [0, 0.05) is 19.1 Å². The van der Waals surface area contributed by atoms with Crippen LogP contribution in [0.1, 0.15) is 23.1 Å². The Kier molecular flexibility index (Phi) is 4.46. The third-order valence-corrected chi connectivity index (χ3v) is 3.67. The van der Waals surface area contributed by atoms with Gasteiger partial charge in [-0.05, 0) is 30.5 Å². The van der Waals surface area contributed by atoms with Crippen molar-refractivity contribution in [3.05, 3.63) is 34.9 Å². The van der Waals surface area contributed by atoms with Gasteiger partial charge < -0.3 is 0 Å². The first-order chi connectivity index (χ1) is 7.78. The van der Waals surface area contributed by atoms with E-state index in [0.717, 1.165) is 17.4 Å². The van der Waals surface area contributed by atoms with Crippen LogP contribution in [0, 0.1) is 13.8 Å². The van der Waals surface area contributed by atoms with Crippen LogP contribution in [0.15, 0.2) is 18.2 Å². The maximum Gasteiger partial charge on any atom is 0.147 e. The number of aryl methyl sites for hydroxylation is 2. The molecule has 0 bridgehead atoms. The molecule has 3 nitrogen and oxygen atoms in total. The number of carbonyl (C=O) groups is 1. The zero-order valence-electron chi connectivity index (χ0n) is 10.5. The monoisotopic (exact) mass is 254 g/mol. The number of Topliss-reactive ketones (excluding diaryl/α,β-unsaturated/α-hetero) is 1. The van der Waals surface area contributed by atoms with E-state index < -0.39 is 9.84 Å². The summed E-state index contributed by atoms with van der Waals surface area (Å²) in [5.74, 6) is -0.0879.